The highest BCUT2D eigenvalue weighted by molar-refractivity contribution is 5.98. The van der Waals surface area contributed by atoms with Crippen LogP contribution in [0.15, 0.2) is 47.0 Å². The van der Waals surface area contributed by atoms with E-state index >= 15 is 0 Å². The molecule has 20 heavy (non-hydrogen) atoms. The van der Waals surface area contributed by atoms with E-state index in [1.54, 1.807) is 19.3 Å². The molecule has 0 radical (unpaired) electrons. The summed E-state index contributed by atoms with van der Waals surface area (Å²) in [6, 6.07) is 0.331. The first-order valence-corrected chi connectivity index (χ1v) is 6.98. The van der Waals surface area contributed by atoms with Crippen LogP contribution in [0.25, 0.3) is 0 Å². The predicted molar refractivity (Wildman–Crippen MR) is 82.6 cm³/mol. The molecule has 0 spiro atoms. The normalized spacial score (nSPS) is 15.7. The van der Waals surface area contributed by atoms with Gasteiger partial charge in [0.05, 0.1) is 6.61 Å². The van der Waals surface area contributed by atoms with Crippen molar-refractivity contribution in [3.05, 3.63) is 42.0 Å². The van der Waals surface area contributed by atoms with Gasteiger partial charge in [-0.25, -0.2) is 4.99 Å². The van der Waals surface area contributed by atoms with Crippen LogP contribution in [0.4, 0.5) is 0 Å². The van der Waals surface area contributed by atoms with E-state index in [9.17, 15) is 0 Å². The number of rotatable bonds is 8. The summed E-state index contributed by atoms with van der Waals surface area (Å²) in [5, 5.41) is 3.39. The molecule has 1 unspecified atom stereocenters. The number of aliphatic imine (C=N–C) groups is 1. The third kappa shape index (κ3) is 5.47. The second-order valence-electron chi connectivity index (χ2n) is 4.57. The third-order valence-corrected chi connectivity index (χ3v) is 2.77. The molecule has 0 aromatic carbocycles. The smallest absolute Gasteiger partial charge is 0.170 e. The van der Waals surface area contributed by atoms with Crippen LogP contribution >= 0.6 is 0 Å². The number of hydrogen-bond donors (Lipinski definition) is 1. The van der Waals surface area contributed by atoms with Gasteiger partial charge in [-0.2, -0.15) is 0 Å². The number of allylic oxidation sites excluding steroid dienone is 2. The highest BCUT2D eigenvalue weighted by Gasteiger charge is 2.13. The standard InChI is InChI=1S/C16H24N2O2/c1-5-8-13(3)17-16-15(20-12-11-19-4)10-7-9-14(6-2)18-16/h6-7,10,13H,2,5,8,11-12H2,1,3-4H3,(H,17,18). The molecule has 4 nitrogen and oxygen atoms in total. The molecule has 0 amide bonds. The molecule has 4 heteroatoms. The largest absolute Gasteiger partial charge is 0.487 e. The van der Waals surface area contributed by atoms with Crippen LogP contribution in [-0.2, 0) is 9.47 Å². The van der Waals surface area contributed by atoms with Gasteiger partial charge in [0, 0.05) is 13.2 Å². The fraction of sp³-hybridized carbons (Fsp3) is 0.500. The fourth-order valence-electron chi connectivity index (χ4n) is 1.79. The van der Waals surface area contributed by atoms with Gasteiger partial charge in [-0.15, -0.1) is 0 Å². The average Bonchev–Trinajstić information content (AvgIpc) is 2.62. The predicted octanol–water partition coefficient (Wildman–Crippen LogP) is 2.95. The monoisotopic (exact) mass is 276 g/mol. The SMILES string of the molecule is C=CC1=C=CC=C(OCCOC)C(NC(C)CCC)=N1. The summed E-state index contributed by atoms with van der Waals surface area (Å²) >= 11 is 0. The molecule has 0 fully saturated rings. The first-order chi connectivity index (χ1) is 9.71. The van der Waals surface area contributed by atoms with E-state index in [1.807, 2.05) is 6.08 Å². The average molecular weight is 276 g/mol. The fourth-order valence-corrected chi connectivity index (χ4v) is 1.79. The number of amidine groups is 1. The van der Waals surface area contributed by atoms with Crippen molar-refractivity contribution >= 4 is 5.84 Å². The van der Waals surface area contributed by atoms with Crippen molar-refractivity contribution in [2.24, 2.45) is 4.99 Å². The van der Waals surface area contributed by atoms with Gasteiger partial charge in [-0.05, 0) is 31.6 Å². The molecule has 0 saturated carbocycles. The summed E-state index contributed by atoms with van der Waals surface area (Å²) in [5.74, 6) is 1.42. The molecule has 1 heterocycles. The Morgan fingerprint density at radius 2 is 2.30 bits per heavy atom. The van der Waals surface area contributed by atoms with Crippen molar-refractivity contribution in [1.29, 1.82) is 0 Å². The van der Waals surface area contributed by atoms with Crippen LogP contribution in [0.3, 0.4) is 0 Å². The van der Waals surface area contributed by atoms with Crippen LogP contribution in [0, 0.1) is 0 Å². The van der Waals surface area contributed by atoms with Crippen LogP contribution < -0.4 is 5.32 Å². The Morgan fingerprint density at radius 1 is 1.50 bits per heavy atom. The molecular weight excluding hydrogens is 252 g/mol. The van der Waals surface area contributed by atoms with E-state index in [0.29, 0.717) is 30.7 Å². The number of ether oxygens (including phenoxy) is 2. The Balaban J connectivity index is 2.82. The lowest BCUT2D eigenvalue weighted by molar-refractivity contribution is 0.116. The van der Waals surface area contributed by atoms with Gasteiger partial charge in [0.2, 0.25) is 0 Å². The lowest BCUT2D eigenvalue weighted by atomic mass is 10.2. The number of nitrogens with one attached hydrogen (secondary N) is 1. The number of methoxy groups -OCH3 is 1. The molecule has 1 aliphatic heterocycles. The van der Waals surface area contributed by atoms with E-state index in [2.05, 4.69) is 36.5 Å². The lowest BCUT2D eigenvalue weighted by Crippen LogP contribution is -2.34. The second kappa shape index (κ2) is 9.18. The van der Waals surface area contributed by atoms with Crippen molar-refractivity contribution < 1.29 is 9.47 Å². The van der Waals surface area contributed by atoms with E-state index in [0.717, 1.165) is 18.7 Å². The van der Waals surface area contributed by atoms with Crippen molar-refractivity contribution in [2.45, 2.75) is 32.7 Å². The Hall–Kier alpha value is -1.77. The van der Waals surface area contributed by atoms with E-state index in [4.69, 9.17) is 9.47 Å². The summed E-state index contributed by atoms with van der Waals surface area (Å²) in [7, 11) is 1.65. The highest BCUT2D eigenvalue weighted by atomic mass is 16.5. The topological polar surface area (TPSA) is 42.9 Å². The zero-order valence-corrected chi connectivity index (χ0v) is 12.6. The summed E-state index contributed by atoms with van der Waals surface area (Å²) in [4.78, 5) is 4.50. The molecule has 1 aliphatic rings. The molecule has 0 aromatic rings. The van der Waals surface area contributed by atoms with E-state index in [-0.39, 0.29) is 0 Å². The zero-order valence-electron chi connectivity index (χ0n) is 12.6. The van der Waals surface area contributed by atoms with E-state index < -0.39 is 0 Å². The molecule has 1 atom stereocenters. The molecule has 0 aromatic heterocycles. The Bertz CT molecular complexity index is 443. The maximum atomic E-state index is 5.71. The van der Waals surface area contributed by atoms with Gasteiger partial charge in [0.15, 0.2) is 11.6 Å². The van der Waals surface area contributed by atoms with Crippen LogP contribution in [0.5, 0.6) is 0 Å². The van der Waals surface area contributed by atoms with Crippen molar-refractivity contribution in [2.75, 3.05) is 20.3 Å². The first-order valence-electron chi connectivity index (χ1n) is 6.98. The summed E-state index contributed by atoms with van der Waals surface area (Å²) < 4.78 is 10.7. The van der Waals surface area contributed by atoms with Crippen molar-refractivity contribution in [3.63, 3.8) is 0 Å². The molecule has 0 bridgehead atoms. The zero-order chi connectivity index (χ0) is 14.8. The maximum absolute atomic E-state index is 5.71. The van der Waals surface area contributed by atoms with Gasteiger partial charge >= 0.3 is 0 Å². The maximum Gasteiger partial charge on any atom is 0.170 e. The summed E-state index contributed by atoms with van der Waals surface area (Å²) in [5.41, 5.74) is 3.74. The molecule has 1 N–H and O–H groups in total. The van der Waals surface area contributed by atoms with Crippen LogP contribution in [0.1, 0.15) is 26.7 Å². The minimum absolute atomic E-state index is 0.331. The minimum Gasteiger partial charge on any atom is -0.487 e. The molecule has 0 saturated heterocycles. The van der Waals surface area contributed by atoms with Crippen LogP contribution in [0.2, 0.25) is 0 Å². The molecule has 0 aliphatic carbocycles. The van der Waals surface area contributed by atoms with Gasteiger partial charge in [0.1, 0.15) is 12.3 Å². The quantitative estimate of drug-likeness (QED) is 0.547. The molecular formula is C16H24N2O2. The Labute approximate surface area is 121 Å². The Kier molecular flexibility index (Phi) is 7.48. The number of hydrogen-bond acceptors (Lipinski definition) is 4. The van der Waals surface area contributed by atoms with Crippen LogP contribution in [-0.4, -0.2) is 32.2 Å². The van der Waals surface area contributed by atoms with E-state index in [1.165, 1.54) is 0 Å². The first kappa shape index (κ1) is 16.3. The molecule has 1 rings (SSSR count). The summed E-state index contributed by atoms with van der Waals surface area (Å²) in [6.07, 6.45) is 7.52. The van der Waals surface area contributed by atoms with Gasteiger partial charge in [-0.1, -0.05) is 25.7 Å². The highest BCUT2D eigenvalue weighted by Crippen LogP contribution is 2.10. The lowest BCUT2D eigenvalue weighted by Gasteiger charge is -2.18. The molecule has 110 valence electrons. The van der Waals surface area contributed by atoms with Crippen molar-refractivity contribution in [1.82, 2.24) is 5.32 Å². The Morgan fingerprint density at radius 3 is 2.95 bits per heavy atom. The second-order valence-corrected chi connectivity index (χ2v) is 4.57. The summed E-state index contributed by atoms with van der Waals surface area (Å²) in [6.45, 7) is 9.06. The minimum atomic E-state index is 0.331. The van der Waals surface area contributed by atoms with Gasteiger partial charge < -0.3 is 14.8 Å². The van der Waals surface area contributed by atoms with Gasteiger partial charge in [0.25, 0.3) is 0 Å². The third-order valence-electron chi connectivity index (χ3n) is 2.77. The van der Waals surface area contributed by atoms with Crippen molar-refractivity contribution in [3.8, 4) is 0 Å². The number of nitrogens with zero attached hydrogens (tertiary/aromatic N) is 1. The van der Waals surface area contributed by atoms with Gasteiger partial charge in [-0.3, -0.25) is 0 Å².